The number of urea groups is 1. The van der Waals surface area contributed by atoms with Gasteiger partial charge in [0.2, 0.25) is 15.9 Å². The van der Waals surface area contributed by atoms with Crippen LogP contribution in [0.4, 0.5) is 10.5 Å². The number of amides is 2. The van der Waals surface area contributed by atoms with Crippen molar-refractivity contribution in [1.82, 2.24) is 14.8 Å². The molecule has 0 saturated heterocycles. The number of hydrogen-bond donors (Lipinski definition) is 1. The molecule has 3 aliphatic rings. The summed E-state index contributed by atoms with van der Waals surface area (Å²) in [6, 6.07) is -0.900. The number of fused-ring (bicyclic) bond motifs is 3. The number of anilines is 1. The number of pyridine rings is 1. The van der Waals surface area contributed by atoms with Crippen LogP contribution in [0.5, 0.6) is 5.88 Å². The molecule has 2 amide bonds. The molecule has 0 fully saturated rings. The normalized spacial score (nSPS) is 19.2. The average Bonchev–Trinajstić information content (AvgIpc) is 3.40. The van der Waals surface area contributed by atoms with E-state index in [0.717, 1.165) is 61.0 Å². The van der Waals surface area contributed by atoms with Crippen LogP contribution in [-0.2, 0) is 35.8 Å². The number of aromatic nitrogens is 3. The van der Waals surface area contributed by atoms with E-state index >= 15 is 0 Å². The van der Waals surface area contributed by atoms with Crippen molar-refractivity contribution < 1.29 is 47.5 Å². The van der Waals surface area contributed by atoms with Gasteiger partial charge in [0.1, 0.15) is 0 Å². The number of hydrogen-bond acceptors (Lipinski definition) is 6. The first-order chi connectivity index (χ1) is 13.9. The second-order valence-electron chi connectivity index (χ2n) is 7.80. The molecule has 0 radical (unpaired) electrons. The van der Waals surface area contributed by atoms with Crippen molar-refractivity contribution in [3.8, 4) is 5.88 Å². The zero-order chi connectivity index (χ0) is 20.2. The van der Waals surface area contributed by atoms with E-state index < -0.39 is 16.1 Å². The third-order valence-electron chi connectivity index (χ3n) is 5.88. The molecule has 2 aliphatic carbocycles. The number of ether oxygens (including phenoxy) is 1. The van der Waals surface area contributed by atoms with E-state index in [1.165, 1.54) is 10.9 Å². The van der Waals surface area contributed by atoms with Gasteiger partial charge in [0.05, 0.1) is 12.8 Å². The van der Waals surface area contributed by atoms with Gasteiger partial charge in [0.25, 0.3) is 0 Å². The molecule has 0 bridgehead atoms. The van der Waals surface area contributed by atoms with Crippen LogP contribution in [0.1, 0.15) is 54.6 Å². The van der Waals surface area contributed by atoms with E-state index in [4.69, 9.17) is 9.72 Å². The van der Waals surface area contributed by atoms with Gasteiger partial charge >= 0.3 is 29.6 Å². The first-order valence-electron chi connectivity index (χ1n) is 9.96. The molecule has 1 aliphatic heterocycles. The van der Waals surface area contributed by atoms with Gasteiger partial charge in [0, 0.05) is 24.4 Å². The van der Waals surface area contributed by atoms with Gasteiger partial charge in [-0.25, -0.2) is 13.1 Å². The van der Waals surface area contributed by atoms with Gasteiger partial charge in [-0.2, -0.15) is 5.10 Å². The number of rotatable bonds is 3. The number of nitrogens with zero attached hydrogens (tertiary/aromatic N) is 4. The van der Waals surface area contributed by atoms with E-state index in [1.54, 1.807) is 0 Å². The third kappa shape index (κ3) is 3.63. The van der Waals surface area contributed by atoms with Gasteiger partial charge in [0.15, 0.2) is 10.9 Å². The molecule has 1 unspecified atom stereocenters. The molecule has 0 spiro atoms. The average molecular weight is 439 g/mol. The Labute approximate surface area is 197 Å². The van der Waals surface area contributed by atoms with Crippen LogP contribution in [0.15, 0.2) is 11.1 Å². The fourth-order valence-corrected chi connectivity index (χ4v) is 5.39. The molecule has 5 rings (SSSR count). The molecular formula is C19H22N5NaO4S. The van der Waals surface area contributed by atoms with Crippen molar-refractivity contribution in [3.63, 3.8) is 0 Å². The van der Waals surface area contributed by atoms with Crippen molar-refractivity contribution in [3.05, 3.63) is 33.4 Å². The van der Waals surface area contributed by atoms with Crippen LogP contribution in [0, 0.1) is 0 Å². The molecule has 2 aromatic rings. The number of carbonyl (C=O) groups excluding carboxylic acids is 1. The second-order valence-corrected chi connectivity index (χ2v) is 9.38. The topological polar surface area (TPSA) is 117 Å². The van der Waals surface area contributed by atoms with Crippen LogP contribution in [0.25, 0.3) is 4.72 Å². The van der Waals surface area contributed by atoms with Crippen molar-refractivity contribution in [2.45, 2.75) is 62.8 Å². The molecule has 0 aromatic carbocycles. The Morgan fingerprint density at radius 2 is 2.10 bits per heavy atom. The molecule has 11 heteroatoms. The Morgan fingerprint density at radius 1 is 1.27 bits per heavy atom. The standard InChI is InChI=1S/C19H23N5O4S.Na/c1-11-6-7-13-16(11)21-14-5-2-4-12(14)17(13)22-19(25)23-29(26,27)15-10-20-24-8-3-9-28-18(15)24;/h10-11H,2-9H2,1H3,(H2,21,22,23,25);/q;+1/p-1. The second kappa shape index (κ2) is 8.14. The van der Waals surface area contributed by atoms with Crippen molar-refractivity contribution in [1.29, 1.82) is 0 Å². The summed E-state index contributed by atoms with van der Waals surface area (Å²) in [5, 5.41) is 6.80. The Bertz CT molecular complexity index is 1110. The SMILES string of the molecule is CC1CCc2c1nc1c(c2NC(=O)[N-]S(=O)(=O)c2cnn3c2OCCC3)CCC1.[Na+]. The maximum absolute atomic E-state index is 12.7. The summed E-state index contributed by atoms with van der Waals surface area (Å²) in [5.41, 5.74) is 4.78. The Morgan fingerprint density at radius 3 is 2.93 bits per heavy atom. The monoisotopic (exact) mass is 439 g/mol. The minimum atomic E-state index is -4.23. The summed E-state index contributed by atoms with van der Waals surface area (Å²) in [4.78, 5) is 17.3. The van der Waals surface area contributed by atoms with E-state index in [9.17, 15) is 13.2 Å². The number of carbonyl (C=O) groups is 1. The summed E-state index contributed by atoms with van der Waals surface area (Å²) in [6.45, 7) is 3.11. The summed E-state index contributed by atoms with van der Waals surface area (Å²) in [7, 11) is -4.23. The Kier molecular flexibility index (Phi) is 5.86. The summed E-state index contributed by atoms with van der Waals surface area (Å²) < 4.78 is 35.8. The first-order valence-corrected chi connectivity index (χ1v) is 11.4. The molecule has 1 atom stereocenters. The van der Waals surface area contributed by atoms with Crippen molar-refractivity contribution >= 4 is 21.7 Å². The van der Waals surface area contributed by atoms with Gasteiger partial charge in [-0.3, -0.25) is 9.78 Å². The summed E-state index contributed by atoms with van der Waals surface area (Å²) >= 11 is 0. The molecule has 1 N–H and O–H groups in total. The zero-order valence-corrected chi connectivity index (χ0v) is 20.0. The fourth-order valence-electron chi connectivity index (χ4n) is 4.46. The Balaban J connectivity index is 0.00000218. The minimum absolute atomic E-state index is 0. The number of sulfonamides is 1. The largest absolute Gasteiger partial charge is 1.00 e. The van der Waals surface area contributed by atoms with Crippen LogP contribution in [0.3, 0.4) is 0 Å². The van der Waals surface area contributed by atoms with Gasteiger partial charge in [-0.1, -0.05) is 6.92 Å². The number of aryl methyl sites for hydroxylation is 2. The number of nitrogens with one attached hydrogen (secondary N) is 1. The molecule has 0 saturated carbocycles. The van der Waals surface area contributed by atoms with Gasteiger partial charge in [-0.05, 0) is 54.8 Å². The smallest absolute Gasteiger partial charge is 0.477 e. The predicted octanol–water partition coefficient (Wildman–Crippen LogP) is -0.102. The maximum Gasteiger partial charge on any atom is 1.00 e. The third-order valence-corrected chi connectivity index (χ3v) is 7.12. The molecule has 2 aromatic heterocycles. The molecule has 9 nitrogen and oxygen atoms in total. The first kappa shape index (κ1) is 21.6. The van der Waals surface area contributed by atoms with Crippen LogP contribution in [0.2, 0.25) is 0 Å². The van der Waals surface area contributed by atoms with E-state index in [1.807, 2.05) is 0 Å². The van der Waals surface area contributed by atoms with Gasteiger partial charge < -0.3 is 14.8 Å². The van der Waals surface area contributed by atoms with Crippen molar-refractivity contribution in [2.75, 3.05) is 11.9 Å². The maximum atomic E-state index is 12.7. The van der Waals surface area contributed by atoms with Gasteiger partial charge in [-0.15, -0.1) is 0 Å². The van der Waals surface area contributed by atoms with Crippen LogP contribution in [-0.4, -0.2) is 35.8 Å². The predicted molar refractivity (Wildman–Crippen MR) is 105 cm³/mol. The molecular weight excluding hydrogens is 417 g/mol. The van der Waals surface area contributed by atoms with E-state index in [2.05, 4.69) is 22.1 Å². The Hall–Kier alpha value is -1.62. The summed E-state index contributed by atoms with van der Waals surface area (Å²) in [6.07, 6.45) is 6.44. The molecule has 154 valence electrons. The molecule has 30 heavy (non-hydrogen) atoms. The summed E-state index contributed by atoms with van der Waals surface area (Å²) in [5.74, 6) is 0.482. The molecule has 3 heterocycles. The fraction of sp³-hybridized carbons (Fsp3) is 0.526. The van der Waals surface area contributed by atoms with Crippen LogP contribution < -0.4 is 39.6 Å². The van der Waals surface area contributed by atoms with Crippen LogP contribution >= 0.6 is 0 Å². The minimum Gasteiger partial charge on any atom is -0.477 e. The van der Waals surface area contributed by atoms with E-state index in [-0.39, 0.29) is 40.3 Å². The quantitative estimate of drug-likeness (QED) is 0.668. The zero-order valence-electron chi connectivity index (χ0n) is 17.1. The van der Waals surface area contributed by atoms with Crippen molar-refractivity contribution in [2.24, 2.45) is 0 Å². The van der Waals surface area contributed by atoms with E-state index in [0.29, 0.717) is 24.8 Å².